The van der Waals surface area contributed by atoms with Crippen molar-refractivity contribution in [2.45, 2.75) is 20.0 Å². The van der Waals surface area contributed by atoms with E-state index in [4.69, 9.17) is 16.2 Å². The van der Waals surface area contributed by atoms with E-state index in [-0.39, 0.29) is 18.6 Å². The second-order valence-electron chi connectivity index (χ2n) is 4.25. The van der Waals surface area contributed by atoms with Crippen LogP contribution in [0.5, 0.6) is 5.75 Å². The molecule has 0 saturated heterocycles. The first-order chi connectivity index (χ1) is 7.88. The quantitative estimate of drug-likeness (QED) is 0.748. The molecular weight excluding hydrogens is 218 g/mol. The molecule has 0 unspecified atom stereocenters. The molecule has 1 aromatic rings. The van der Waals surface area contributed by atoms with Crippen molar-refractivity contribution in [1.29, 1.82) is 0 Å². The lowest BCUT2D eigenvalue weighted by Crippen LogP contribution is -2.30. The number of rotatable bonds is 5. The minimum atomic E-state index is -0.388. The lowest BCUT2D eigenvalue weighted by atomic mass is 10.2. The molecule has 17 heavy (non-hydrogen) atoms. The van der Waals surface area contributed by atoms with Crippen LogP contribution in [0.1, 0.15) is 13.8 Å². The molecule has 5 heteroatoms. The van der Waals surface area contributed by atoms with Gasteiger partial charge in [0.1, 0.15) is 5.75 Å². The average Bonchev–Trinajstić information content (AvgIpc) is 2.14. The van der Waals surface area contributed by atoms with Gasteiger partial charge in [0.2, 0.25) is 5.91 Å². The number of carbonyl (C=O) groups is 1. The van der Waals surface area contributed by atoms with Gasteiger partial charge in [0.05, 0.1) is 12.6 Å². The number of anilines is 2. The second-order valence-corrected chi connectivity index (χ2v) is 4.25. The van der Waals surface area contributed by atoms with E-state index in [1.807, 2.05) is 19.9 Å². The maximum absolute atomic E-state index is 10.8. The molecule has 0 aromatic heterocycles. The summed E-state index contributed by atoms with van der Waals surface area (Å²) >= 11 is 0. The van der Waals surface area contributed by atoms with E-state index < -0.39 is 0 Å². The largest absolute Gasteiger partial charge is 0.491 e. The van der Waals surface area contributed by atoms with Crippen LogP contribution < -0.4 is 21.1 Å². The summed E-state index contributed by atoms with van der Waals surface area (Å²) in [5.41, 5.74) is 12.3. The Kier molecular flexibility index (Phi) is 4.20. The molecule has 94 valence electrons. The number of benzene rings is 1. The van der Waals surface area contributed by atoms with Crippen LogP contribution in [0.15, 0.2) is 18.2 Å². The zero-order chi connectivity index (χ0) is 13.0. The standard InChI is InChI=1S/C12H19N3O2/c1-8(2)17-11-5-9(13)4-10(6-11)15(3)7-12(14)16/h4-6,8H,7,13H2,1-3H3,(H2,14,16). The number of likely N-dealkylation sites (N-methyl/N-ethyl adjacent to an activating group) is 1. The number of nitrogen functional groups attached to an aromatic ring is 1. The van der Waals surface area contributed by atoms with Crippen molar-refractivity contribution < 1.29 is 9.53 Å². The van der Waals surface area contributed by atoms with Crippen LogP contribution in [0.3, 0.4) is 0 Å². The molecule has 0 spiro atoms. The molecule has 0 aliphatic heterocycles. The van der Waals surface area contributed by atoms with Gasteiger partial charge < -0.3 is 21.1 Å². The lowest BCUT2D eigenvalue weighted by Gasteiger charge is -2.19. The number of carbonyl (C=O) groups excluding carboxylic acids is 1. The van der Waals surface area contributed by atoms with E-state index in [0.29, 0.717) is 11.4 Å². The highest BCUT2D eigenvalue weighted by molar-refractivity contribution is 5.79. The Morgan fingerprint density at radius 2 is 2.06 bits per heavy atom. The first kappa shape index (κ1) is 13.2. The highest BCUT2D eigenvalue weighted by Crippen LogP contribution is 2.25. The van der Waals surface area contributed by atoms with Gasteiger partial charge in [0.15, 0.2) is 0 Å². The van der Waals surface area contributed by atoms with Crippen LogP contribution in [0.2, 0.25) is 0 Å². The molecule has 0 aliphatic rings. The van der Waals surface area contributed by atoms with Crippen LogP contribution in [0.4, 0.5) is 11.4 Å². The highest BCUT2D eigenvalue weighted by atomic mass is 16.5. The minimum Gasteiger partial charge on any atom is -0.491 e. The first-order valence-corrected chi connectivity index (χ1v) is 5.45. The van der Waals surface area contributed by atoms with Crippen molar-refractivity contribution in [3.63, 3.8) is 0 Å². The van der Waals surface area contributed by atoms with Gasteiger partial charge in [-0.25, -0.2) is 0 Å². The maximum atomic E-state index is 10.8. The fraction of sp³-hybridized carbons (Fsp3) is 0.417. The Morgan fingerprint density at radius 1 is 1.41 bits per heavy atom. The summed E-state index contributed by atoms with van der Waals surface area (Å²) in [6.07, 6.45) is 0.0751. The third-order valence-corrected chi connectivity index (χ3v) is 2.12. The number of hydrogen-bond donors (Lipinski definition) is 2. The SMILES string of the molecule is CC(C)Oc1cc(N)cc(N(C)CC(N)=O)c1. The van der Waals surface area contributed by atoms with E-state index in [1.54, 1.807) is 24.1 Å². The molecule has 0 saturated carbocycles. The maximum Gasteiger partial charge on any atom is 0.236 e. The smallest absolute Gasteiger partial charge is 0.236 e. The summed E-state index contributed by atoms with van der Waals surface area (Å²) in [7, 11) is 1.78. The molecular formula is C12H19N3O2. The van der Waals surface area contributed by atoms with Crippen molar-refractivity contribution >= 4 is 17.3 Å². The number of hydrogen-bond acceptors (Lipinski definition) is 4. The average molecular weight is 237 g/mol. The highest BCUT2D eigenvalue weighted by Gasteiger charge is 2.08. The Balaban J connectivity index is 2.92. The number of primary amides is 1. The predicted octanol–water partition coefficient (Wildman–Crippen LogP) is 0.978. The predicted molar refractivity (Wildman–Crippen MR) is 69.1 cm³/mol. The second kappa shape index (κ2) is 5.43. The van der Waals surface area contributed by atoms with Crippen LogP contribution in [0.25, 0.3) is 0 Å². The van der Waals surface area contributed by atoms with E-state index >= 15 is 0 Å². The zero-order valence-electron chi connectivity index (χ0n) is 10.4. The zero-order valence-corrected chi connectivity index (χ0v) is 10.4. The van der Waals surface area contributed by atoms with Crippen molar-refractivity contribution in [3.05, 3.63) is 18.2 Å². The first-order valence-electron chi connectivity index (χ1n) is 5.45. The number of amides is 1. The van der Waals surface area contributed by atoms with E-state index in [1.165, 1.54) is 0 Å². The monoisotopic (exact) mass is 237 g/mol. The minimum absolute atomic E-state index is 0.0751. The molecule has 1 rings (SSSR count). The lowest BCUT2D eigenvalue weighted by molar-refractivity contribution is -0.116. The number of ether oxygens (including phenoxy) is 1. The van der Waals surface area contributed by atoms with Crippen molar-refractivity contribution in [1.82, 2.24) is 0 Å². The normalized spacial score (nSPS) is 10.4. The third-order valence-electron chi connectivity index (χ3n) is 2.12. The van der Waals surface area contributed by atoms with Gasteiger partial charge in [0.25, 0.3) is 0 Å². The Bertz CT molecular complexity index is 405. The summed E-state index contributed by atoms with van der Waals surface area (Å²) in [6.45, 7) is 4.02. The van der Waals surface area contributed by atoms with Crippen molar-refractivity contribution in [2.24, 2.45) is 5.73 Å². The molecule has 0 fully saturated rings. The number of nitrogens with two attached hydrogens (primary N) is 2. The molecule has 5 nitrogen and oxygen atoms in total. The molecule has 4 N–H and O–H groups in total. The van der Waals surface area contributed by atoms with Gasteiger partial charge in [0, 0.05) is 30.6 Å². The van der Waals surface area contributed by atoms with Crippen LogP contribution >= 0.6 is 0 Å². The topological polar surface area (TPSA) is 81.6 Å². The van der Waals surface area contributed by atoms with Gasteiger partial charge >= 0.3 is 0 Å². The molecule has 0 atom stereocenters. The molecule has 0 radical (unpaired) electrons. The van der Waals surface area contributed by atoms with E-state index in [2.05, 4.69) is 0 Å². The van der Waals surface area contributed by atoms with Crippen molar-refractivity contribution in [2.75, 3.05) is 24.2 Å². The Labute approximate surface area is 101 Å². The van der Waals surface area contributed by atoms with Crippen molar-refractivity contribution in [3.8, 4) is 5.75 Å². The fourth-order valence-electron chi connectivity index (χ4n) is 1.49. The molecule has 1 aromatic carbocycles. The van der Waals surface area contributed by atoms with Gasteiger partial charge in [-0.2, -0.15) is 0 Å². The fourth-order valence-corrected chi connectivity index (χ4v) is 1.49. The van der Waals surface area contributed by atoms with E-state index in [9.17, 15) is 4.79 Å². The Hall–Kier alpha value is -1.91. The van der Waals surface area contributed by atoms with Gasteiger partial charge in [-0.05, 0) is 19.9 Å². The third kappa shape index (κ3) is 4.22. The van der Waals surface area contributed by atoms with Crippen LogP contribution in [-0.2, 0) is 4.79 Å². The van der Waals surface area contributed by atoms with Gasteiger partial charge in [-0.3, -0.25) is 4.79 Å². The Morgan fingerprint density at radius 3 is 2.59 bits per heavy atom. The summed E-state index contributed by atoms with van der Waals surface area (Å²) in [6, 6.07) is 5.36. The summed E-state index contributed by atoms with van der Waals surface area (Å²) < 4.78 is 5.57. The molecule has 0 bridgehead atoms. The molecule has 1 amide bonds. The van der Waals surface area contributed by atoms with Crippen LogP contribution in [-0.4, -0.2) is 25.6 Å². The molecule has 0 heterocycles. The van der Waals surface area contributed by atoms with E-state index in [0.717, 1.165) is 5.69 Å². The van der Waals surface area contributed by atoms with Gasteiger partial charge in [-0.15, -0.1) is 0 Å². The number of nitrogens with zero attached hydrogens (tertiary/aromatic N) is 1. The summed E-state index contributed by atoms with van der Waals surface area (Å²) in [5, 5.41) is 0. The van der Waals surface area contributed by atoms with Gasteiger partial charge in [-0.1, -0.05) is 0 Å². The summed E-state index contributed by atoms with van der Waals surface area (Å²) in [5.74, 6) is 0.299. The van der Waals surface area contributed by atoms with Crippen LogP contribution in [0, 0.1) is 0 Å². The molecule has 0 aliphatic carbocycles. The summed E-state index contributed by atoms with van der Waals surface area (Å²) in [4.78, 5) is 12.6.